The molecule has 0 aliphatic rings. The fourth-order valence-corrected chi connectivity index (χ4v) is 2.40. The van der Waals surface area contributed by atoms with Gasteiger partial charge in [-0.3, -0.25) is 4.57 Å². The van der Waals surface area contributed by atoms with Crippen LogP contribution in [0.1, 0.15) is 6.92 Å². The van der Waals surface area contributed by atoms with E-state index < -0.39 is 7.37 Å². The Labute approximate surface area is 101 Å². The summed E-state index contributed by atoms with van der Waals surface area (Å²) < 4.78 is 17.0. The molecule has 16 heavy (non-hydrogen) atoms. The largest absolute Gasteiger partial charge is 0.399 e. The average Bonchev–Trinajstić information content (AvgIpc) is 2.30. The minimum Gasteiger partial charge on any atom is -0.399 e. The molecule has 0 saturated heterocycles. The first kappa shape index (κ1) is 13.4. The highest BCUT2D eigenvalue weighted by molar-refractivity contribution is 7.59. The van der Waals surface area contributed by atoms with E-state index in [-0.39, 0.29) is 6.29 Å². The quantitative estimate of drug-likeness (QED) is 0.632. The number of hydrogen-bond acceptors (Lipinski definition) is 4. The maximum absolute atomic E-state index is 12.0. The number of benzene rings is 1. The molecule has 1 rings (SSSR count). The molecule has 1 aromatic rings. The van der Waals surface area contributed by atoms with Crippen LogP contribution in [0.15, 0.2) is 18.2 Å². The van der Waals surface area contributed by atoms with Gasteiger partial charge in [0.15, 0.2) is 0 Å². The third-order valence-electron chi connectivity index (χ3n) is 2.32. The van der Waals surface area contributed by atoms with Crippen molar-refractivity contribution in [3.8, 4) is 0 Å². The topological polar surface area (TPSA) is 64.4 Å². The first-order valence-corrected chi connectivity index (χ1v) is 7.31. The molecule has 0 spiro atoms. The van der Waals surface area contributed by atoms with Crippen molar-refractivity contribution in [1.82, 2.24) is 0 Å². The van der Waals surface area contributed by atoms with Gasteiger partial charge >= 0.3 is 0 Å². The van der Waals surface area contributed by atoms with Gasteiger partial charge in [-0.2, -0.15) is 0 Å². The normalized spacial score (nSPS) is 14.4. The SMILES string of the molecule is CCP(=O)(CNc1cc(N)ccc1Cl)OC. The molecular formula is C10H16ClN2O2P. The Morgan fingerprint density at radius 3 is 2.81 bits per heavy atom. The van der Waals surface area contributed by atoms with Gasteiger partial charge in [0, 0.05) is 19.0 Å². The van der Waals surface area contributed by atoms with E-state index in [1.807, 2.05) is 6.92 Å². The minimum absolute atomic E-state index is 0.253. The molecule has 0 saturated carbocycles. The van der Waals surface area contributed by atoms with Crippen LogP contribution >= 0.6 is 19.0 Å². The van der Waals surface area contributed by atoms with Crippen LogP contribution in [0.4, 0.5) is 11.4 Å². The zero-order valence-corrected chi connectivity index (χ0v) is 11.0. The maximum Gasteiger partial charge on any atom is 0.221 e. The van der Waals surface area contributed by atoms with Crippen LogP contribution in [0, 0.1) is 0 Å². The highest BCUT2D eigenvalue weighted by atomic mass is 35.5. The Kier molecular flexibility index (Phi) is 4.66. The lowest BCUT2D eigenvalue weighted by molar-refractivity contribution is 0.396. The van der Waals surface area contributed by atoms with Gasteiger partial charge in [0.2, 0.25) is 7.37 Å². The highest BCUT2D eigenvalue weighted by Crippen LogP contribution is 2.45. The smallest absolute Gasteiger partial charge is 0.221 e. The number of anilines is 2. The van der Waals surface area contributed by atoms with Gasteiger partial charge in [-0.25, -0.2) is 0 Å². The van der Waals surface area contributed by atoms with Crippen LogP contribution in [0.25, 0.3) is 0 Å². The molecule has 1 atom stereocenters. The van der Waals surface area contributed by atoms with E-state index in [1.54, 1.807) is 18.2 Å². The maximum atomic E-state index is 12.0. The van der Waals surface area contributed by atoms with E-state index in [9.17, 15) is 4.57 Å². The molecule has 0 aliphatic carbocycles. The predicted molar refractivity (Wildman–Crippen MR) is 69.5 cm³/mol. The zero-order valence-electron chi connectivity index (χ0n) is 9.37. The van der Waals surface area contributed by atoms with E-state index in [0.717, 1.165) is 0 Å². The predicted octanol–water partition coefficient (Wildman–Crippen LogP) is 3.24. The summed E-state index contributed by atoms with van der Waals surface area (Å²) in [4.78, 5) is 0. The Bertz CT molecular complexity index is 404. The van der Waals surface area contributed by atoms with E-state index in [4.69, 9.17) is 21.9 Å². The molecule has 1 unspecified atom stereocenters. The molecule has 0 radical (unpaired) electrons. The summed E-state index contributed by atoms with van der Waals surface area (Å²) in [5.74, 6) is 0. The molecule has 0 aromatic heterocycles. The molecule has 0 aliphatic heterocycles. The van der Waals surface area contributed by atoms with Gasteiger partial charge in [-0.05, 0) is 18.2 Å². The lowest BCUT2D eigenvalue weighted by Crippen LogP contribution is -2.06. The molecular weight excluding hydrogens is 247 g/mol. The van der Waals surface area contributed by atoms with Crippen molar-refractivity contribution < 1.29 is 9.09 Å². The van der Waals surface area contributed by atoms with Crippen molar-refractivity contribution in [3.05, 3.63) is 23.2 Å². The highest BCUT2D eigenvalue weighted by Gasteiger charge is 2.18. The standard InChI is InChI=1S/C10H16ClN2O2P/c1-3-16(14,15-2)7-13-10-6-8(12)4-5-9(10)11/h4-6,13H,3,7,12H2,1-2H3. The van der Waals surface area contributed by atoms with Gasteiger partial charge in [-0.15, -0.1) is 0 Å². The fourth-order valence-electron chi connectivity index (χ4n) is 1.19. The Morgan fingerprint density at radius 1 is 1.56 bits per heavy atom. The second kappa shape index (κ2) is 5.58. The number of halogens is 1. The van der Waals surface area contributed by atoms with Crippen LogP contribution in [0.2, 0.25) is 5.02 Å². The molecule has 0 amide bonds. The number of nitrogens with one attached hydrogen (secondary N) is 1. The summed E-state index contributed by atoms with van der Waals surface area (Å²) in [6.07, 6.45) is 0.736. The van der Waals surface area contributed by atoms with Crippen molar-refractivity contribution in [1.29, 1.82) is 0 Å². The van der Waals surface area contributed by atoms with Crippen molar-refractivity contribution in [3.63, 3.8) is 0 Å². The van der Waals surface area contributed by atoms with Crippen LogP contribution in [0.5, 0.6) is 0 Å². The summed E-state index contributed by atoms with van der Waals surface area (Å²) in [7, 11) is -1.14. The second-order valence-electron chi connectivity index (χ2n) is 3.39. The number of hydrogen-bond donors (Lipinski definition) is 2. The monoisotopic (exact) mass is 262 g/mol. The summed E-state index contributed by atoms with van der Waals surface area (Å²) in [6.45, 7) is 1.83. The zero-order chi connectivity index (χ0) is 12.2. The summed E-state index contributed by atoms with van der Waals surface area (Å²) in [5, 5.41) is 3.55. The minimum atomic E-state index is -2.59. The van der Waals surface area contributed by atoms with Gasteiger partial charge in [-0.1, -0.05) is 18.5 Å². The fraction of sp³-hybridized carbons (Fsp3) is 0.400. The lowest BCUT2D eigenvalue weighted by atomic mass is 10.3. The summed E-state index contributed by atoms with van der Waals surface area (Å²) >= 11 is 5.96. The summed E-state index contributed by atoms with van der Waals surface area (Å²) in [5.41, 5.74) is 6.91. The van der Waals surface area contributed by atoms with Crippen LogP contribution in [-0.4, -0.2) is 19.6 Å². The van der Waals surface area contributed by atoms with Crippen molar-refractivity contribution in [2.45, 2.75) is 6.92 Å². The first-order valence-electron chi connectivity index (χ1n) is 4.93. The molecule has 0 bridgehead atoms. The second-order valence-corrected chi connectivity index (χ2v) is 6.74. The van der Waals surface area contributed by atoms with Crippen molar-refractivity contribution in [2.75, 3.05) is 30.6 Å². The molecule has 0 heterocycles. The van der Waals surface area contributed by atoms with Crippen LogP contribution < -0.4 is 11.1 Å². The average molecular weight is 263 g/mol. The third-order valence-corrected chi connectivity index (χ3v) is 4.91. The Hall–Kier alpha value is -0.700. The molecule has 4 nitrogen and oxygen atoms in total. The number of nitrogen functional groups attached to an aromatic ring is 1. The van der Waals surface area contributed by atoms with E-state index in [1.165, 1.54) is 7.11 Å². The molecule has 6 heteroatoms. The van der Waals surface area contributed by atoms with Crippen molar-refractivity contribution >= 4 is 30.3 Å². The van der Waals surface area contributed by atoms with Gasteiger partial charge < -0.3 is 15.6 Å². The lowest BCUT2D eigenvalue weighted by Gasteiger charge is -2.16. The van der Waals surface area contributed by atoms with Gasteiger partial charge in [0.25, 0.3) is 0 Å². The summed E-state index contributed by atoms with van der Waals surface area (Å²) in [6, 6.07) is 5.12. The van der Waals surface area contributed by atoms with Crippen LogP contribution in [0.3, 0.4) is 0 Å². The molecule has 0 fully saturated rings. The molecule has 3 N–H and O–H groups in total. The van der Waals surface area contributed by atoms with Gasteiger partial charge in [0.05, 0.1) is 17.0 Å². The van der Waals surface area contributed by atoms with E-state index >= 15 is 0 Å². The third kappa shape index (κ3) is 3.41. The van der Waals surface area contributed by atoms with E-state index in [2.05, 4.69) is 5.32 Å². The Balaban J connectivity index is 2.74. The number of nitrogens with two attached hydrogens (primary N) is 1. The first-order chi connectivity index (χ1) is 7.50. The Morgan fingerprint density at radius 2 is 2.25 bits per heavy atom. The van der Waals surface area contributed by atoms with E-state index in [0.29, 0.717) is 22.6 Å². The van der Waals surface area contributed by atoms with Gasteiger partial charge in [0.1, 0.15) is 0 Å². The van der Waals surface area contributed by atoms with Crippen LogP contribution in [-0.2, 0) is 9.09 Å². The molecule has 90 valence electrons. The molecule has 1 aromatic carbocycles. The number of rotatable bonds is 5. The van der Waals surface area contributed by atoms with Crippen molar-refractivity contribution in [2.24, 2.45) is 0 Å².